The standard InChI is InChI=1S/C20H29N5O2S2/c1-5-16-11-17(19(26)27-4)18(29-16)21-20(28)24-9-7-23(8-10-24)12-15-13-25(6-2)22-14(15)3/h11,13H,5-10,12H2,1-4H3,(H,21,28). The van der Waals surface area contributed by atoms with E-state index in [2.05, 4.69) is 47.2 Å². The van der Waals surface area contributed by atoms with Gasteiger partial charge < -0.3 is 15.0 Å². The van der Waals surface area contributed by atoms with E-state index in [0.717, 1.165) is 61.3 Å². The van der Waals surface area contributed by atoms with Gasteiger partial charge in [-0.1, -0.05) is 6.92 Å². The molecule has 0 aliphatic carbocycles. The molecule has 1 aliphatic heterocycles. The van der Waals surface area contributed by atoms with Crippen molar-refractivity contribution in [3.63, 3.8) is 0 Å². The second kappa shape index (κ2) is 9.69. The molecule has 2 aromatic heterocycles. The van der Waals surface area contributed by atoms with Crippen LogP contribution in [0.1, 0.15) is 40.3 Å². The molecule has 158 valence electrons. The molecule has 3 rings (SSSR count). The predicted molar refractivity (Wildman–Crippen MR) is 121 cm³/mol. The van der Waals surface area contributed by atoms with Crippen molar-refractivity contribution >= 4 is 39.6 Å². The number of anilines is 1. The fraction of sp³-hybridized carbons (Fsp3) is 0.550. The fourth-order valence-electron chi connectivity index (χ4n) is 3.37. The number of rotatable bonds is 6. The largest absolute Gasteiger partial charge is 0.465 e. The molecule has 1 N–H and O–H groups in total. The molecule has 0 radical (unpaired) electrons. The molecule has 0 aromatic carbocycles. The maximum atomic E-state index is 12.1. The fourth-order valence-corrected chi connectivity index (χ4v) is 4.71. The zero-order valence-electron chi connectivity index (χ0n) is 17.5. The van der Waals surface area contributed by atoms with Gasteiger partial charge in [0.15, 0.2) is 5.11 Å². The number of ether oxygens (including phenoxy) is 1. The number of thiocarbonyl (C=S) groups is 1. The van der Waals surface area contributed by atoms with Crippen molar-refractivity contribution in [2.45, 2.75) is 40.3 Å². The summed E-state index contributed by atoms with van der Waals surface area (Å²) in [5.74, 6) is -0.334. The molecule has 0 saturated carbocycles. The van der Waals surface area contributed by atoms with E-state index in [-0.39, 0.29) is 5.97 Å². The Balaban J connectivity index is 1.57. The Labute approximate surface area is 181 Å². The van der Waals surface area contributed by atoms with Gasteiger partial charge in [0.25, 0.3) is 0 Å². The topological polar surface area (TPSA) is 62.6 Å². The van der Waals surface area contributed by atoms with Crippen LogP contribution < -0.4 is 5.32 Å². The minimum Gasteiger partial charge on any atom is -0.465 e. The summed E-state index contributed by atoms with van der Waals surface area (Å²) in [6.45, 7) is 11.6. The monoisotopic (exact) mass is 435 g/mol. The molecule has 2 aromatic rings. The third-order valence-corrected chi connectivity index (χ3v) is 6.74. The first-order valence-electron chi connectivity index (χ1n) is 9.97. The van der Waals surface area contributed by atoms with E-state index in [4.69, 9.17) is 17.0 Å². The molecule has 1 fully saturated rings. The van der Waals surface area contributed by atoms with Crippen LogP contribution in [0.3, 0.4) is 0 Å². The van der Waals surface area contributed by atoms with Gasteiger partial charge in [-0.25, -0.2) is 4.79 Å². The summed E-state index contributed by atoms with van der Waals surface area (Å²) in [5.41, 5.74) is 2.94. The Morgan fingerprint density at radius 1 is 1.31 bits per heavy atom. The zero-order valence-corrected chi connectivity index (χ0v) is 19.2. The highest BCUT2D eigenvalue weighted by Crippen LogP contribution is 2.29. The first-order valence-corrected chi connectivity index (χ1v) is 11.2. The number of methoxy groups -OCH3 is 1. The number of hydrogen-bond donors (Lipinski definition) is 1. The maximum absolute atomic E-state index is 12.1. The zero-order chi connectivity index (χ0) is 21.0. The van der Waals surface area contributed by atoms with Crippen molar-refractivity contribution < 1.29 is 9.53 Å². The summed E-state index contributed by atoms with van der Waals surface area (Å²) in [4.78, 5) is 17.8. The smallest absolute Gasteiger partial charge is 0.340 e. The highest BCUT2D eigenvalue weighted by atomic mass is 32.1. The van der Waals surface area contributed by atoms with Crippen LogP contribution in [-0.4, -0.2) is 64.0 Å². The van der Waals surface area contributed by atoms with Gasteiger partial charge in [-0.2, -0.15) is 5.10 Å². The van der Waals surface area contributed by atoms with Gasteiger partial charge in [0.05, 0.1) is 18.4 Å². The summed E-state index contributed by atoms with van der Waals surface area (Å²) in [5, 5.41) is 9.24. The quantitative estimate of drug-likeness (QED) is 0.552. The summed E-state index contributed by atoms with van der Waals surface area (Å²) in [6.07, 6.45) is 3.01. The Hall–Kier alpha value is -1.97. The summed E-state index contributed by atoms with van der Waals surface area (Å²) in [6, 6.07) is 1.89. The number of hydrogen-bond acceptors (Lipinski definition) is 6. The van der Waals surface area contributed by atoms with Crippen LogP contribution >= 0.6 is 23.6 Å². The SMILES string of the molecule is CCc1cc(C(=O)OC)c(NC(=S)N2CCN(Cc3cn(CC)nc3C)CC2)s1. The number of esters is 1. The summed E-state index contributed by atoms with van der Waals surface area (Å²) in [7, 11) is 1.40. The number of nitrogens with zero attached hydrogens (tertiary/aromatic N) is 4. The highest BCUT2D eigenvalue weighted by Gasteiger charge is 2.23. The van der Waals surface area contributed by atoms with Crippen molar-refractivity contribution in [1.82, 2.24) is 19.6 Å². The average Bonchev–Trinajstić information content (AvgIpc) is 3.31. The molecule has 0 bridgehead atoms. The van der Waals surface area contributed by atoms with Crippen LogP contribution in [0.2, 0.25) is 0 Å². The van der Waals surface area contributed by atoms with Gasteiger partial charge in [0.1, 0.15) is 5.00 Å². The van der Waals surface area contributed by atoms with E-state index in [1.165, 1.54) is 12.7 Å². The van der Waals surface area contributed by atoms with Gasteiger partial charge in [0.2, 0.25) is 0 Å². The van der Waals surface area contributed by atoms with E-state index in [9.17, 15) is 4.79 Å². The van der Waals surface area contributed by atoms with Crippen LogP contribution in [0.15, 0.2) is 12.3 Å². The molecule has 1 saturated heterocycles. The number of carbonyl (C=O) groups excluding carboxylic acids is 1. The lowest BCUT2D eigenvalue weighted by Crippen LogP contribution is -2.49. The van der Waals surface area contributed by atoms with E-state index in [0.29, 0.717) is 10.7 Å². The molecule has 0 spiro atoms. The predicted octanol–water partition coefficient (Wildman–Crippen LogP) is 3.14. The molecule has 3 heterocycles. The van der Waals surface area contributed by atoms with Gasteiger partial charge in [-0.3, -0.25) is 9.58 Å². The Kier molecular flexibility index (Phi) is 7.26. The molecule has 0 atom stereocenters. The van der Waals surface area contributed by atoms with Gasteiger partial charge in [0, 0.05) is 55.9 Å². The van der Waals surface area contributed by atoms with E-state index in [1.807, 2.05) is 10.7 Å². The molecule has 9 heteroatoms. The third kappa shape index (κ3) is 5.15. The second-order valence-electron chi connectivity index (χ2n) is 7.09. The van der Waals surface area contributed by atoms with Crippen molar-refractivity contribution in [1.29, 1.82) is 0 Å². The number of thiophene rings is 1. The van der Waals surface area contributed by atoms with Crippen LogP contribution in [0.25, 0.3) is 0 Å². The molecule has 7 nitrogen and oxygen atoms in total. The van der Waals surface area contributed by atoms with E-state index >= 15 is 0 Å². The molecule has 29 heavy (non-hydrogen) atoms. The van der Waals surface area contributed by atoms with Crippen molar-refractivity contribution in [2.75, 3.05) is 38.6 Å². The summed E-state index contributed by atoms with van der Waals surface area (Å²) >= 11 is 7.19. The Bertz CT molecular complexity index is 868. The highest BCUT2D eigenvalue weighted by molar-refractivity contribution is 7.80. The lowest BCUT2D eigenvalue weighted by molar-refractivity contribution is 0.0602. The first-order chi connectivity index (χ1) is 13.9. The van der Waals surface area contributed by atoms with E-state index < -0.39 is 0 Å². The van der Waals surface area contributed by atoms with Crippen LogP contribution in [-0.2, 0) is 24.2 Å². The molecule has 1 aliphatic rings. The van der Waals surface area contributed by atoms with Crippen LogP contribution in [0, 0.1) is 6.92 Å². The Morgan fingerprint density at radius 3 is 2.62 bits per heavy atom. The van der Waals surface area contributed by atoms with Crippen molar-refractivity contribution in [3.05, 3.63) is 34.0 Å². The molecule has 0 amide bonds. The number of aromatic nitrogens is 2. The van der Waals surface area contributed by atoms with Crippen LogP contribution in [0.4, 0.5) is 5.00 Å². The normalized spacial score (nSPS) is 14.8. The minimum absolute atomic E-state index is 0.334. The molecular formula is C20H29N5O2S2. The molecule has 0 unspecified atom stereocenters. The first kappa shape index (κ1) is 21.7. The van der Waals surface area contributed by atoms with Crippen molar-refractivity contribution in [3.8, 4) is 0 Å². The average molecular weight is 436 g/mol. The Morgan fingerprint density at radius 2 is 2.03 bits per heavy atom. The lowest BCUT2D eigenvalue weighted by Gasteiger charge is -2.36. The lowest BCUT2D eigenvalue weighted by atomic mass is 10.2. The third-order valence-electron chi connectivity index (χ3n) is 5.18. The van der Waals surface area contributed by atoms with E-state index in [1.54, 1.807) is 11.3 Å². The number of piperazine rings is 1. The maximum Gasteiger partial charge on any atom is 0.340 e. The molecular weight excluding hydrogens is 406 g/mol. The van der Waals surface area contributed by atoms with Gasteiger partial charge in [-0.15, -0.1) is 11.3 Å². The number of carbonyl (C=O) groups is 1. The van der Waals surface area contributed by atoms with Crippen LogP contribution in [0.5, 0.6) is 0 Å². The number of nitrogens with one attached hydrogen (secondary N) is 1. The summed E-state index contributed by atoms with van der Waals surface area (Å²) < 4.78 is 6.90. The minimum atomic E-state index is -0.334. The van der Waals surface area contributed by atoms with Gasteiger partial charge in [-0.05, 0) is 38.6 Å². The second-order valence-corrected chi connectivity index (χ2v) is 8.61. The van der Waals surface area contributed by atoms with Crippen molar-refractivity contribution in [2.24, 2.45) is 0 Å². The van der Waals surface area contributed by atoms with Gasteiger partial charge >= 0.3 is 5.97 Å². The number of aryl methyl sites for hydroxylation is 3.